The van der Waals surface area contributed by atoms with Crippen LogP contribution in [0.3, 0.4) is 0 Å². The smallest absolute Gasteiger partial charge is 0.241 e. The van der Waals surface area contributed by atoms with Crippen molar-refractivity contribution in [2.24, 2.45) is 0 Å². The van der Waals surface area contributed by atoms with Crippen LogP contribution < -0.4 is 5.32 Å². The van der Waals surface area contributed by atoms with Crippen molar-refractivity contribution in [2.75, 3.05) is 18.4 Å². The molecule has 0 bridgehead atoms. The van der Waals surface area contributed by atoms with Gasteiger partial charge in [-0.3, -0.25) is 9.69 Å². The summed E-state index contributed by atoms with van der Waals surface area (Å²) in [5.41, 5.74) is 0.572. The second kappa shape index (κ2) is 6.60. The van der Waals surface area contributed by atoms with Gasteiger partial charge in [-0.25, -0.2) is 0 Å². The maximum atomic E-state index is 12.2. The van der Waals surface area contributed by atoms with Crippen LogP contribution in [0.5, 0.6) is 0 Å². The van der Waals surface area contributed by atoms with Gasteiger partial charge in [-0.2, -0.15) is 0 Å². The molecule has 19 heavy (non-hydrogen) atoms. The summed E-state index contributed by atoms with van der Waals surface area (Å²) in [6.07, 6.45) is 3.58. The Morgan fingerprint density at radius 1 is 1.26 bits per heavy atom. The molecule has 1 amide bonds. The van der Waals surface area contributed by atoms with E-state index in [1.807, 2.05) is 6.92 Å². The molecule has 0 aromatic heterocycles. The number of benzene rings is 1. The van der Waals surface area contributed by atoms with E-state index in [0.29, 0.717) is 15.7 Å². The molecular weight excluding hydrogens is 283 g/mol. The second-order valence-electron chi connectivity index (χ2n) is 4.89. The highest BCUT2D eigenvalue weighted by Gasteiger charge is 2.23. The number of rotatable bonds is 3. The lowest BCUT2D eigenvalue weighted by atomic mass is 10.1. The SMILES string of the molecule is CC(C(=O)Nc1cc(Cl)ccc1Cl)N1CCCCC1. The van der Waals surface area contributed by atoms with Gasteiger partial charge in [0.25, 0.3) is 0 Å². The van der Waals surface area contributed by atoms with Crippen molar-refractivity contribution < 1.29 is 4.79 Å². The lowest BCUT2D eigenvalue weighted by Gasteiger charge is -2.31. The predicted molar refractivity (Wildman–Crippen MR) is 80.0 cm³/mol. The van der Waals surface area contributed by atoms with Crippen molar-refractivity contribution in [3.63, 3.8) is 0 Å². The molecule has 1 aliphatic rings. The highest BCUT2D eigenvalue weighted by molar-refractivity contribution is 6.35. The zero-order valence-corrected chi connectivity index (χ0v) is 12.5. The maximum Gasteiger partial charge on any atom is 0.241 e. The fourth-order valence-corrected chi connectivity index (χ4v) is 2.64. The first-order chi connectivity index (χ1) is 9.08. The van der Waals surface area contributed by atoms with Gasteiger partial charge < -0.3 is 5.32 Å². The Kier molecular flexibility index (Phi) is 5.08. The second-order valence-corrected chi connectivity index (χ2v) is 5.73. The fourth-order valence-electron chi connectivity index (χ4n) is 2.30. The van der Waals surface area contributed by atoms with Crippen LogP contribution in [-0.4, -0.2) is 29.9 Å². The van der Waals surface area contributed by atoms with Crippen molar-refractivity contribution in [3.8, 4) is 0 Å². The standard InChI is InChI=1S/C14H18Cl2N2O/c1-10(18-7-3-2-4-8-18)14(19)17-13-9-11(15)5-6-12(13)16/h5-6,9-10H,2-4,7-8H2,1H3,(H,17,19). The molecule has 104 valence electrons. The van der Waals surface area contributed by atoms with E-state index in [0.717, 1.165) is 25.9 Å². The third kappa shape index (κ3) is 3.85. The molecule has 1 aromatic carbocycles. The summed E-state index contributed by atoms with van der Waals surface area (Å²) in [6, 6.07) is 4.92. The van der Waals surface area contributed by atoms with Crippen molar-refractivity contribution >= 4 is 34.8 Å². The molecule has 1 heterocycles. The molecule has 0 radical (unpaired) electrons. The Morgan fingerprint density at radius 3 is 2.63 bits per heavy atom. The molecule has 3 nitrogen and oxygen atoms in total. The van der Waals surface area contributed by atoms with Gasteiger partial charge in [0, 0.05) is 5.02 Å². The molecule has 1 aromatic rings. The number of carbonyl (C=O) groups is 1. The van der Waals surface area contributed by atoms with Gasteiger partial charge in [-0.05, 0) is 51.1 Å². The van der Waals surface area contributed by atoms with Gasteiger partial charge in [-0.1, -0.05) is 29.6 Å². The van der Waals surface area contributed by atoms with Crippen molar-refractivity contribution in [3.05, 3.63) is 28.2 Å². The predicted octanol–water partition coefficient (Wildman–Crippen LogP) is 3.81. The summed E-state index contributed by atoms with van der Waals surface area (Å²) in [5, 5.41) is 3.91. The summed E-state index contributed by atoms with van der Waals surface area (Å²) >= 11 is 12.0. The van der Waals surface area contributed by atoms with Crippen molar-refractivity contribution in [1.29, 1.82) is 0 Å². The van der Waals surface area contributed by atoms with Gasteiger partial charge >= 0.3 is 0 Å². The van der Waals surface area contributed by atoms with Crippen LogP contribution in [0, 0.1) is 0 Å². The monoisotopic (exact) mass is 300 g/mol. The van der Waals surface area contributed by atoms with Crippen LogP contribution in [-0.2, 0) is 4.79 Å². The first-order valence-corrected chi connectivity index (χ1v) is 7.33. The summed E-state index contributed by atoms with van der Waals surface area (Å²) in [5.74, 6) is -0.0360. The Labute approximate surface area is 123 Å². The molecule has 1 unspecified atom stereocenters. The number of piperidine rings is 1. The molecule has 0 saturated carbocycles. The van der Waals surface area contributed by atoms with Gasteiger partial charge in [0.2, 0.25) is 5.91 Å². The molecule has 1 aliphatic heterocycles. The maximum absolute atomic E-state index is 12.2. The molecule has 1 N–H and O–H groups in total. The molecule has 1 saturated heterocycles. The van der Waals surface area contributed by atoms with Gasteiger partial charge in [0.15, 0.2) is 0 Å². The lowest BCUT2D eigenvalue weighted by molar-refractivity contribution is -0.121. The molecule has 5 heteroatoms. The third-order valence-corrected chi connectivity index (χ3v) is 4.07. The van der Waals surface area contributed by atoms with Crippen LogP contribution >= 0.6 is 23.2 Å². The largest absolute Gasteiger partial charge is 0.323 e. The van der Waals surface area contributed by atoms with E-state index in [4.69, 9.17) is 23.2 Å². The quantitative estimate of drug-likeness (QED) is 0.921. The molecule has 0 spiro atoms. The third-order valence-electron chi connectivity index (χ3n) is 3.50. The normalized spacial score (nSPS) is 18.1. The van der Waals surface area contributed by atoms with Crippen LogP contribution in [0.25, 0.3) is 0 Å². The van der Waals surface area contributed by atoms with E-state index in [1.54, 1.807) is 18.2 Å². The number of carbonyl (C=O) groups excluding carboxylic acids is 1. The minimum Gasteiger partial charge on any atom is -0.323 e. The Bertz CT molecular complexity index is 459. The van der Waals surface area contributed by atoms with Crippen molar-refractivity contribution in [2.45, 2.75) is 32.2 Å². The number of likely N-dealkylation sites (tertiary alicyclic amines) is 1. The summed E-state index contributed by atoms with van der Waals surface area (Å²) in [7, 11) is 0. The van der Waals surface area contributed by atoms with Crippen LogP contribution in [0.2, 0.25) is 10.0 Å². The Hall–Kier alpha value is -0.770. The van der Waals surface area contributed by atoms with E-state index in [1.165, 1.54) is 6.42 Å². The summed E-state index contributed by atoms with van der Waals surface area (Å²) < 4.78 is 0. The molecule has 2 rings (SSSR count). The van der Waals surface area contributed by atoms with Crippen molar-refractivity contribution in [1.82, 2.24) is 4.90 Å². The fraction of sp³-hybridized carbons (Fsp3) is 0.500. The Balaban J connectivity index is 2.01. The topological polar surface area (TPSA) is 32.3 Å². The number of amides is 1. The average molecular weight is 301 g/mol. The average Bonchev–Trinajstić information content (AvgIpc) is 2.43. The van der Waals surface area contributed by atoms with E-state index in [2.05, 4.69) is 10.2 Å². The van der Waals surface area contributed by atoms with E-state index >= 15 is 0 Å². The number of anilines is 1. The van der Waals surface area contributed by atoms with E-state index in [9.17, 15) is 4.79 Å². The number of halogens is 2. The van der Waals surface area contributed by atoms with Crippen LogP contribution in [0.1, 0.15) is 26.2 Å². The minimum atomic E-state index is -0.143. The highest BCUT2D eigenvalue weighted by Crippen LogP contribution is 2.26. The van der Waals surface area contributed by atoms with Gasteiger partial charge in [0.05, 0.1) is 16.8 Å². The number of nitrogens with one attached hydrogen (secondary N) is 1. The van der Waals surface area contributed by atoms with Gasteiger partial charge in [-0.15, -0.1) is 0 Å². The molecular formula is C14H18Cl2N2O. The summed E-state index contributed by atoms with van der Waals surface area (Å²) in [4.78, 5) is 14.4. The first-order valence-electron chi connectivity index (χ1n) is 6.58. The van der Waals surface area contributed by atoms with Crippen LogP contribution in [0.4, 0.5) is 5.69 Å². The first kappa shape index (κ1) is 14.6. The summed E-state index contributed by atoms with van der Waals surface area (Å²) in [6.45, 7) is 3.90. The van der Waals surface area contributed by atoms with Crippen LogP contribution in [0.15, 0.2) is 18.2 Å². The Morgan fingerprint density at radius 2 is 1.95 bits per heavy atom. The zero-order chi connectivity index (χ0) is 13.8. The highest BCUT2D eigenvalue weighted by atomic mass is 35.5. The van der Waals surface area contributed by atoms with Gasteiger partial charge in [0.1, 0.15) is 0 Å². The number of hydrogen-bond acceptors (Lipinski definition) is 2. The zero-order valence-electron chi connectivity index (χ0n) is 11.0. The molecule has 0 aliphatic carbocycles. The number of nitrogens with zero attached hydrogens (tertiary/aromatic N) is 1. The van der Waals surface area contributed by atoms with E-state index < -0.39 is 0 Å². The molecule has 1 atom stereocenters. The number of hydrogen-bond donors (Lipinski definition) is 1. The van der Waals surface area contributed by atoms with E-state index in [-0.39, 0.29) is 11.9 Å². The molecule has 1 fully saturated rings. The lowest BCUT2D eigenvalue weighted by Crippen LogP contribution is -2.44. The minimum absolute atomic E-state index is 0.0360.